The molecule has 0 spiro atoms. The van der Waals surface area contributed by atoms with Crippen molar-refractivity contribution in [2.45, 2.75) is 20.8 Å². The fourth-order valence-electron chi connectivity index (χ4n) is 1.96. The van der Waals surface area contributed by atoms with Crippen LogP contribution in [0.4, 0.5) is 5.69 Å². The molecule has 0 atom stereocenters. The molecule has 0 amide bonds. The van der Waals surface area contributed by atoms with Crippen molar-refractivity contribution in [3.8, 4) is 5.75 Å². The quantitative estimate of drug-likeness (QED) is 0.636. The number of para-hydroxylation sites is 1. The Kier molecular flexibility index (Phi) is 4.35. The molecule has 20 heavy (non-hydrogen) atoms. The summed E-state index contributed by atoms with van der Waals surface area (Å²) in [5.41, 5.74) is 3.09. The van der Waals surface area contributed by atoms with E-state index in [9.17, 15) is 0 Å². The van der Waals surface area contributed by atoms with Crippen molar-refractivity contribution in [2.75, 3.05) is 7.11 Å². The highest BCUT2D eigenvalue weighted by Gasteiger charge is 2.10. The summed E-state index contributed by atoms with van der Waals surface area (Å²) in [6, 6.07) is 7.71. The van der Waals surface area contributed by atoms with Gasteiger partial charge in [-0.25, -0.2) is 15.0 Å². The molecule has 2 rings (SSSR count). The SMILES string of the molecule is COc1ccccc1C(C)=Nc1c(C)nc(C)nc1Cl. The minimum absolute atomic E-state index is 0.365. The fourth-order valence-corrected chi connectivity index (χ4v) is 2.26. The molecule has 0 aliphatic carbocycles. The first-order valence-electron chi connectivity index (χ1n) is 6.22. The van der Waals surface area contributed by atoms with Gasteiger partial charge in [0, 0.05) is 11.3 Å². The highest BCUT2D eigenvalue weighted by Crippen LogP contribution is 2.28. The van der Waals surface area contributed by atoms with Crippen LogP contribution < -0.4 is 4.74 Å². The van der Waals surface area contributed by atoms with E-state index in [2.05, 4.69) is 15.0 Å². The summed E-state index contributed by atoms with van der Waals surface area (Å²) < 4.78 is 5.34. The van der Waals surface area contributed by atoms with Crippen molar-refractivity contribution in [1.82, 2.24) is 9.97 Å². The van der Waals surface area contributed by atoms with Gasteiger partial charge >= 0.3 is 0 Å². The number of rotatable bonds is 3. The fraction of sp³-hybridized carbons (Fsp3) is 0.267. The van der Waals surface area contributed by atoms with Crippen LogP contribution in [0.1, 0.15) is 24.0 Å². The second-order valence-corrected chi connectivity index (χ2v) is 4.75. The normalized spacial score (nSPS) is 11.6. The summed E-state index contributed by atoms with van der Waals surface area (Å²) in [6.45, 7) is 5.59. The van der Waals surface area contributed by atoms with Gasteiger partial charge in [0.1, 0.15) is 17.3 Å². The van der Waals surface area contributed by atoms with E-state index in [-0.39, 0.29) is 0 Å². The summed E-state index contributed by atoms with van der Waals surface area (Å²) >= 11 is 6.15. The predicted molar refractivity (Wildman–Crippen MR) is 81.4 cm³/mol. The molecule has 1 aromatic carbocycles. The zero-order valence-corrected chi connectivity index (χ0v) is 12.7. The molecule has 0 saturated carbocycles. The van der Waals surface area contributed by atoms with Gasteiger partial charge in [-0.1, -0.05) is 23.7 Å². The third kappa shape index (κ3) is 2.96. The molecule has 4 nitrogen and oxygen atoms in total. The van der Waals surface area contributed by atoms with E-state index < -0.39 is 0 Å². The molecular weight excluding hydrogens is 274 g/mol. The number of ether oxygens (including phenoxy) is 1. The minimum Gasteiger partial charge on any atom is -0.496 e. The van der Waals surface area contributed by atoms with Crippen molar-refractivity contribution in [2.24, 2.45) is 4.99 Å². The second kappa shape index (κ2) is 6.01. The van der Waals surface area contributed by atoms with E-state index in [0.717, 1.165) is 22.7 Å². The third-order valence-corrected chi connectivity index (χ3v) is 3.17. The first-order chi connectivity index (χ1) is 9.52. The average molecular weight is 290 g/mol. The molecule has 0 unspecified atom stereocenters. The first-order valence-corrected chi connectivity index (χ1v) is 6.60. The topological polar surface area (TPSA) is 47.4 Å². The third-order valence-electron chi connectivity index (χ3n) is 2.90. The maximum absolute atomic E-state index is 6.15. The molecule has 1 heterocycles. The van der Waals surface area contributed by atoms with Crippen LogP contribution in [0.2, 0.25) is 5.15 Å². The van der Waals surface area contributed by atoms with Crippen LogP contribution in [0, 0.1) is 13.8 Å². The van der Waals surface area contributed by atoms with Crippen LogP contribution in [-0.4, -0.2) is 22.8 Å². The van der Waals surface area contributed by atoms with Gasteiger partial charge in [-0.3, -0.25) is 0 Å². The van der Waals surface area contributed by atoms with E-state index in [1.165, 1.54) is 0 Å². The van der Waals surface area contributed by atoms with Gasteiger partial charge in [0.25, 0.3) is 0 Å². The van der Waals surface area contributed by atoms with Crippen LogP contribution >= 0.6 is 11.6 Å². The molecule has 0 radical (unpaired) electrons. The number of halogens is 1. The Labute approximate surface area is 123 Å². The number of aromatic nitrogens is 2. The lowest BCUT2D eigenvalue weighted by Gasteiger charge is -2.09. The molecule has 104 valence electrons. The van der Waals surface area contributed by atoms with Gasteiger partial charge in [-0.05, 0) is 32.9 Å². The smallest absolute Gasteiger partial charge is 0.158 e. The Morgan fingerprint density at radius 2 is 1.90 bits per heavy atom. The van der Waals surface area contributed by atoms with E-state index in [1.807, 2.05) is 38.1 Å². The van der Waals surface area contributed by atoms with Crippen LogP contribution in [0.25, 0.3) is 0 Å². The summed E-state index contributed by atoms with van der Waals surface area (Å²) in [7, 11) is 1.64. The van der Waals surface area contributed by atoms with Gasteiger partial charge in [0.05, 0.1) is 12.8 Å². The zero-order valence-electron chi connectivity index (χ0n) is 11.9. The molecule has 0 fully saturated rings. The summed E-state index contributed by atoms with van der Waals surface area (Å²) in [6.07, 6.45) is 0. The summed E-state index contributed by atoms with van der Waals surface area (Å²) in [5.74, 6) is 1.41. The molecule has 0 N–H and O–H groups in total. The Morgan fingerprint density at radius 1 is 1.20 bits per heavy atom. The van der Waals surface area contributed by atoms with Crippen LogP contribution in [-0.2, 0) is 0 Å². The highest BCUT2D eigenvalue weighted by molar-refractivity contribution is 6.32. The highest BCUT2D eigenvalue weighted by atomic mass is 35.5. The number of hydrogen-bond acceptors (Lipinski definition) is 4. The van der Waals surface area contributed by atoms with Crippen molar-refractivity contribution >= 4 is 23.0 Å². The summed E-state index contributed by atoms with van der Waals surface area (Å²) in [4.78, 5) is 13.0. The van der Waals surface area contributed by atoms with E-state index >= 15 is 0 Å². The van der Waals surface area contributed by atoms with Crippen molar-refractivity contribution in [3.05, 3.63) is 46.5 Å². The average Bonchev–Trinajstić information content (AvgIpc) is 2.42. The van der Waals surface area contributed by atoms with Gasteiger partial charge < -0.3 is 4.74 Å². The Bertz CT molecular complexity index is 645. The Hall–Kier alpha value is -1.94. The molecular formula is C15H16ClN3O. The lowest BCUT2D eigenvalue weighted by Crippen LogP contribution is -2.00. The number of nitrogens with zero attached hydrogens (tertiary/aromatic N) is 3. The maximum Gasteiger partial charge on any atom is 0.158 e. The number of methoxy groups -OCH3 is 1. The van der Waals surface area contributed by atoms with Gasteiger partial charge in [0.2, 0.25) is 0 Å². The van der Waals surface area contributed by atoms with Crippen molar-refractivity contribution in [1.29, 1.82) is 0 Å². The van der Waals surface area contributed by atoms with E-state index in [1.54, 1.807) is 14.0 Å². The maximum atomic E-state index is 6.15. The predicted octanol–water partition coefficient (Wildman–Crippen LogP) is 3.90. The minimum atomic E-state index is 0.365. The van der Waals surface area contributed by atoms with Gasteiger partial charge in [0.15, 0.2) is 5.15 Å². The Morgan fingerprint density at radius 3 is 2.55 bits per heavy atom. The van der Waals surface area contributed by atoms with Gasteiger partial charge in [-0.2, -0.15) is 0 Å². The van der Waals surface area contributed by atoms with Crippen LogP contribution in [0.15, 0.2) is 29.3 Å². The molecule has 0 aliphatic rings. The largest absolute Gasteiger partial charge is 0.496 e. The zero-order chi connectivity index (χ0) is 14.7. The number of aliphatic imine (C=N–C) groups is 1. The van der Waals surface area contributed by atoms with Crippen LogP contribution in [0.3, 0.4) is 0 Å². The second-order valence-electron chi connectivity index (χ2n) is 4.39. The van der Waals surface area contributed by atoms with Crippen molar-refractivity contribution < 1.29 is 4.74 Å². The summed E-state index contributed by atoms with van der Waals surface area (Å²) in [5, 5.41) is 0.365. The molecule has 0 aliphatic heterocycles. The van der Waals surface area contributed by atoms with E-state index in [4.69, 9.17) is 16.3 Å². The number of benzene rings is 1. The van der Waals surface area contributed by atoms with E-state index in [0.29, 0.717) is 16.7 Å². The lowest BCUT2D eigenvalue weighted by atomic mass is 10.1. The molecule has 1 aromatic heterocycles. The number of hydrogen-bond donors (Lipinski definition) is 0. The molecule has 5 heteroatoms. The first kappa shape index (κ1) is 14.5. The van der Waals surface area contributed by atoms with Crippen molar-refractivity contribution in [3.63, 3.8) is 0 Å². The number of aryl methyl sites for hydroxylation is 2. The molecule has 0 bridgehead atoms. The molecule has 0 saturated heterocycles. The van der Waals surface area contributed by atoms with Crippen LogP contribution in [0.5, 0.6) is 5.75 Å². The molecule has 2 aromatic rings. The van der Waals surface area contributed by atoms with Gasteiger partial charge in [-0.15, -0.1) is 0 Å². The standard InChI is InChI=1S/C15H16ClN3O/c1-9(12-7-5-6-8-13(12)20-4)18-14-10(2)17-11(3)19-15(14)16/h5-8H,1-4H3. The monoisotopic (exact) mass is 289 g/mol. The Balaban J connectivity index is 2.50. The lowest BCUT2D eigenvalue weighted by molar-refractivity contribution is 0.414.